The first-order chi connectivity index (χ1) is 9.26. The maximum absolute atomic E-state index is 11.8. The molecule has 2 rings (SSSR count). The Labute approximate surface area is 111 Å². The molecule has 0 amide bonds. The van der Waals surface area contributed by atoms with E-state index in [1.807, 2.05) is 12.1 Å². The zero-order chi connectivity index (χ0) is 13.7. The Balaban J connectivity index is 2.36. The van der Waals surface area contributed by atoms with Crippen LogP contribution in [0.4, 0.5) is 0 Å². The van der Waals surface area contributed by atoms with E-state index in [1.165, 1.54) is 0 Å². The number of hydrogen-bond donors (Lipinski definition) is 0. The molecule has 0 N–H and O–H groups in total. The maximum Gasteiger partial charge on any atom is 0.334 e. The zero-order valence-electron chi connectivity index (χ0n) is 10.7. The molecule has 0 bridgehead atoms. The summed E-state index contributed by atoms with van der Waals surface area (Å²) >= 11 is 0. The van der Waals surface area contributed by atoms with Gasteiger partial charge in [-0.3, -0.25) is 0 Å². The highest BCUT2D eigenvalue weighted by atomic mass is 16.5. The van der Waals surface area contributed by atoms with Crippen molar-refractivity contribution < 1.29 is 14.3 Å². The van der Waals surface area contributed by atoms with Gasteiger partial charge in [-0.25, -0.2) is 4.79 Å². The van der Waals surface area contributed by atoms with Crippen LogP contribution in [0.1, 0.15) is 24.5 Å². The van der Waals surface area contributed by atoms with E-state index in [2.05, 4.69) is 5.18 Å². The molecule has 19 heavy (non-hydrogen) atoms. The first-order valence-electron chi connectivity index (χ1n) is 6.17. The number of hydrogen-bond acceptors (Lipinski definition) is 5. The fourth-order valence-corrected chi connectivity index (χ4v) is 2.00. The van der Waals surface area contributed by atoms with Crippen molar-refractivity contribution in [1.29, 1.82) is 0 Å². The van der Waals surface area contributed by atoms with Gasteiger partial charge in [-0.05, 0) is 13.0 Å². The van der Waals surface area contributed by atoms with Gasteiger partial charge in [0.05, 0.1) is 13.2 Å². The summed E-state index contributed by atoms with van der Waals surface area (Å²) in [6, 6.07) is 5.45. The number of benzene rings is 1. The minimum absolute atomic E-state index is 0.0613. The van der Waals surface area contributed by atoms with Crippen LogP contribution in [0, 0.1) is 4.91 Å². The lowest BCUT2D eigenvalue weighted by molar-refractivity contribution is -0.138. The third-order valence-electron chi connectivity index (χ3n) is 2.85. The first kappa shape index (κ1) is 13.3. The molecule has 0 unspecified atom stereocenters. The molecule has 0 atom stereocenters. The van der Waals surface area contributed by atoms with Crippen molar-refractivity contribution in [2.24, 2.45) is 5.18 Å². The minimum atomic E-state index is -0.321. The van der Waals surface area contributed by atoms with Crippen LogP contribution in [0.15, 0.2) is 28.9 Å². The highest BCUT2D eigenvalue weighted by molar-refractivity contribution is 5.94. The van der Waals surface area contributed by atoms with Crippen molar-refractivity contribution in [2.45, 2.75) is 19.9 Å². The van der Waals surface area contributed by atoms with Crippen molar-refractivity contribution in [2.75, 3.05) is 13.2 Å². The molecular weight excluding hydrogens is 246 g/mol. The number of rotatable bonds is 4. The lowest BCUT2D eigenvalue weighted by Crippen LogP contribution is -2.09. The smallest absolute Gasteiger partial charge is 0.334 e. The van der Waals surface area contributed by atoms with Crippen LogP contribution < -0.4 is 4.74 Å². The zero-order valence-corrected chi connectivity index (χ0v) is 10.7. The number of ether oxygens (including phenoxy) is 2. The Morgan fingerprint density at radius 2 is 2.32 bits per heavy atom. The van der Waals surface area contributed by atoms with Crippen molar-refractivity contribution in [1.82, 2.24) is 0 Å². The number of para-hydroxylation sites is 1. The quantitative estimate of drug-likeness (QED) is 0.617. The second-order valence-electron chi connectivity index (χ2n) is 4.11. The fraction of sp³-hybridized carbons (Fsp3) is 0.357. The van der Waals surface area contributed by atoms with E-state index >= 15 is 0 Å². The molecule has 0 saturated heterocycles. The summed E-state index contributed by atoms with van der Waals surface area (Å²) in [4.78, 5) is 22.2. The molecule has 1 aromatic carbocycles. The molecule has 0 aromatic heterocycles. The predicted molar refractivity (Wildman–Crippen MR) is 70.7 cm³/mol. The average Bonchev–Trinajstić information content (AvgIpc) is 2.62. The van der Waals surface area contributed by atoms with Gasteiger partial charge >= 0.3 is 5.97 Å². The Bertz CT molecular complexity index is 522. The minimum Gasteiger partial charge on any atom is -0.492 e. The Hall–Kier alpha value is -2.17. The third kappa shape index (κ3) is 2.99. The van der Waals surface area contributed by atoms with Gasteiger partial charge in [-0.2, -0.15) is 4.91 Å². The lowest BCUT2D eigenvalue weighted by Gasteiger charge is -2.09. The Morgan fingerprint density at radius 3 is 3.05 bits per heavy atom. The lowest BCUT2D eigenvalue weighted by atomic mass is 10.1. The fourth-order valence-electron chi connectivity index (χ4n) is 2.00. The molecule has 1 aliphatic rings. The van der Waals surface area contributed by atoms with Crippen molar-refractivity contribution in [3.63, 3.8) is 0 Å². The molecule has 0 spiro atoms. The van der Waals surface area contributed by atoms with Crippen LogP contribution in [0.25, 0.3) is 6.08 Å². The number of nitroso groups, excluding NO2 is 1. The molecule has 0 fully saturated rings. The van der Waals surface area contributed by atoms with Crippen LogP contribution in [0.5, 0.6) is 5.75 Å². The van der Waals surface area contributed by atoms with Gasteiger partial charge in [0.25, 0.3) is 0 Å². The SMILES string of the molecule is CCOC(=O)C1=Cc2cccc(CN=O)c2OCC1. The second kappa shape index (κ2) is 6.13. The molecule has 0 aliphatic carbocycles. The summed E-state index contributed by atoms with van der Waals surface area (Å²) in [5, 5.41) is 2.89. The highest BCUT2D eigenvalue weighted by Crippen LogP contribution is 2.30. The average molecular weight is 261 g/mol. The van der Waals surface area contributed by atoms with Crippen molar-refractivity contribution in [3.05, 3.63) is 39.8 Å². The maximum atomic E-state index is 11.8. The Morgan fingerprint density at radius 1 is 1.47 bits per heavy atom. The van der Waals surface area contributed by atoms with Crippen LogP contribution in [0.2, 0.25) is 0 Å². The molecule has 0 saturated carbocycles. The van der Waals surface area contributed by atoms with Crippen LogP contribution in [0.3, 0.4) is 0 Å². The van der Waals surface area contributed by atoms with Gasteiger partial charge < -0.3 is 9.47 Å². The molecular formula is C14H15NO4. The number of carbonyl (C=O) groups is 1. The van der Waals surface area contributed by atoms with Gasteiger partial charge in [0.1, 0.15) is 12.3 Å². The van der Waals surface area contributed by atoms with E-state index in [0.717, 1.165) is 11.1 Å². The highest BCUT2D eigenvalue weighted by Gasteiger charge is 2.18. The van der Waals surface area contributed by atoms with Gasteiger partial charge in [0.2, 0.25) is 0 Å². The molecule has 1 heterocycles. The summed E-state index contributed by atoms with van der Waals surface area (Å²) in [7, 11) is 0. The molecule has 0 radical (unpaired) electrons. The number of fused-ring (bicyclic) bond motifs is 1. The topological polar surface area (TPSA) is 65.0 Å². The summed E-state index contributed by atoms with van der Waals surface area (Å²) < 4.78 is 10.6. The summed E-state index contributed by atoms with van der Waals surface area (Å²) in [6.45, 7) is 2.56. The largest absolute Gasteiger partial charge is 0.492 e. The van der Waals surface area contributed by atoms with E-state index in [9.17, 15) is 9.70 Å². The second-order valence-corrected chi connectivity index (χ2v) is 4.11. The number of carbonyl (C=O) groups excluding carboxylic acids is 1. The van der Waals surface area contributed by atoms with Crippen LogP contribution >= 0.6 is 0 Å². The standard InChI is InChI=1S/C14H15NO4/c1-2-18-14(16)11-6-7-19-13-10(8-11)4-3-5-12(13)9-15-17/h3-5,8H,2,6-7,9H2,1H3. The van der Waals surface area contributed by atoms with E-state index in [4.69, 9.17) is 9.47 Å². The van der Waals surface area contributed by atoms with E-state index in [0.29, 0.717) is 31.0 Å². The third-order valence-corrected chi connectivity index (χ3v) is 2.85. The number of esters is 1. The molecule has 100 valence electrons. The van der Waals surface area contributed by atoms with Crippen LogP contribution in [-0.4, -0.2) is 19.2 Å². The van der Waals surface area contributed by atoms with Crippen LogP contribution in [-0.2, 0) is 16.1 Å². The van der Waals surface area contributed by atoms with Gasteiger partial charge in [-0.1, -0.05) is 23.4 Å². The summed E-state index contributed by atoms with van der Waals surface area (Å²) in [5.74, 6) is 0.305. The molecule has 5 heteroatoms. The monoisotopic (exact) mass is 261 g/mol. The van der Waals surface area contributed by atoms with Crippen molar-refractivity contribution in [3.8, 4) is 5.75 Å². The summed E-state index contributed by atoms with van der Waals surface area (Å²) in [5.41, 5.74) is 2.09. The van der Waals surface area contributed by atoms with Gasteiger partial charge in [-0.15, -0.1) is 0 Å². The van der Waals surface area contributed by atoms with E-state index in [-0.39, 0.29) is 12.5 Å². The van der Waals surface area contributed by atoms with Gasteiger partial charge in [0, 0.05) is 23.1 Å². The summed E-state index contributed by atoms with van der Waals surface area (Å²) in [6.07, 6.45) is 2.25. The Kier molecular flexibility index (Phi) is 4.28. The van der Waals surface area contributed by atoms with Gasteiger partial charge in [0.15, 0.2) is 0 Å². The normalized spacial score (nSPS) is 13.6. The molecule has 1 aliphatic heterocycles. The first-order valence-corrected chi connectivity index (χ1v) is 6.17. The molecule has 5 nitrogen and oxygen atoms in total. The molecule has 1 aromatic rings. The number of nitrogens with zero attached hydrogens (tertiary/aromatic N) is 1. The predicted octanol–water partition coefficient (Wildman–Crippen LogP) is 2.68. The van der Waals surface area contributed by atoms with E-state index < -0.39 is 0 Å². The van der Waals surface area contributed by atoms with E-state index in [1.54, 1.807) is 19.1 Å². The van der Waals surface area contributed by atoms with Crippen molar-refractivity contribution >= 4 is 12.0 Å².